The van der Waals surface area contributed by atoms with Crippen molar-refractivity contribution in [2.45, 2.75) is 38.3 Å². The molecule has 1 aromatic rings. The van der Waals surface area contributed by atoms with E-state index >= 15 is 0 Å². The molecule has 0 radical (unpaired) electrons. The van der Waals surface area contributed by atoms with Crippen molar-refractivity contribution < 1.29 is 17.6 Å². The second-order valence-electron chi connectivity index (χ2n) is 5.99. The molecule has 2 N–H and O–H groups in total. The van der Waals surface area contributed by atoms with Crippen LogP contribution in [0.25, 0.3) is 0 Å². The Morgan fingerprint density at radius 1 is 1.32 bits per heavy atom. The number of hydrogen-bond donors (Lipinski definition) is 1. The lowest BCUT2D eigenvalue weighted by Gasteiger charge is -2.32. The molecule has 0 unspecified atom stereocenters. The van der Waals surface area contributed by atoms with Crippen LogP contribution in [0.4, 0.5) is 0 Å². The molecule has 2 aliphatic rings. The van der Waals surface area contributed by atoms with E-state index < -0.39 is 10.2 Å². The summed E-state index contributed by atoms with van der Waals surface area (Å²) in [6.45, 7) is 1.12. The van der Waals surface area contributed by atoms with Gasteiger partial charge in [-0.3, -0.25) is 4.79 Å². The zero-order chi connectivity index (χ0) is 15.7. The van der Waals surface area contributed by atoms with Crippen LogP contribution in [0.3, 0.4) is 0 Å². The molecule has 2 fully saturated rings. The molecule has 1 amide bonds. The van der Waals surface area contributed by atoms with Crippen LogP contribution in [0.15, 0.2) is 22.8 Å². The highest BCUT2D eigenvalue weighted by Crippen LogP contribution is 2.32. The van der Waals surface area contributed by atoms with Crippen LogP contribution in [0.5, 0.6) is 0 Å². The van der Waals surface area contributed by atoms with E-state index in [2.05, 4.69) is 0 Å². The fourth-order valence-electron chi connectivity index (χ4n) is 2.94. The Kier molecular flexibility index (Phi) is 4.24. The van der Waals surface area contributed by atoms with Gasteiger partial charge in [-0.25, -0.2) is 5.14 Å². The number of nitrogens with zero attached hydrogens (tertiary/aromatic N) is 2. The fraction of sp³-hybridized carbons (Fsp3) is 0.643. The van der Waals surface area contributed by atoms with E-state index in [9.17, 15) is 13.2 Å². The lowest BCUT2D eigenvalue weighted by molar-refractivity contribution is -0.138. The molecule has 1 aliphatic heterocycles. The minimum Gasteiger partial charge on any atom is -0.467 e. The molecule has 0 atom stereocenters. The summed E-state index contributed by atoms with van der Waals surface area (Å²) in [6, 6.07) is 3.98. The highest BCUT2D eigenvalue weighted by atomic mass is 32.2. The maximum Gasteiger partial charge on any atom is 0.276 e. The average Bonchev–Trinajstić information content (AvgIpc) is 3.20. The molecule has 1 saturated heterocycles. The maximum atomic E-state index is 12.7. The van der Waals surface area contributed by atoms with Gasteiger partial charge in [0.2, 0.25) is 5.91 Å². The second kappa shape index (κ2) is 6.02. The first kappa shape index (κ1) is 15.5. The first-order valence-corrected chi connectivity index (χ1v) is 9.06. The molecule has 1 aliphatic carbocycles. The van der Waals surface area contributed by atoms with Gasteiger partial charge in [0.25, 0.3) is 10.2 Å². The monoisotopic (exact) mass is 327 g/mol. The summed E-state index contributed by atoms with van der Waals surface area (Å²) in [5, 5.41) is 5.13. The predicted octanol–water partition coefficient (Wildman–Crippen LogP) is 0.686. The van der Waals surface area contributed by atoms with E-state index in [1.54, 1.807) is 6.26 Å². The van der Waals surface area contributed by atoms with Gasteiger partial charge in [0, 0.05) is 25.0 Å². The summed E-state index contributed by atoms with van der Waals surface area (Å²) in [5.41, 5.74) is 0. The molecular formula is C14H21N3O4S. The average molecular weight is 327 g/mol. The van der Waals surface area contributed by atoms with Crippen molar-refractivity contribution in [3.63, 3.8) is 0 Å². The third kappa shape index (κ3) is 3.50. The van der Waals surface area contributed by atoms with Crippen LogP contribution < -0.4 is 5.14 Å². The Bertz CT molecular complexity index is 617. The number of carbonyl (C=O) groups excluding carboxylic acids is 1. The van der Waals surface area contributed by atoms with Crippen molar-refractivity contribution in [2.24, 2.45) is 11.1 Å². The molecule has 7 nitrogen and oxygen atoms in total. The number of amides is 1. The molecule has 1 saturated carbocycles. The molecule has 1 aromatic heterocycles. The third-order valence-electron chi connectivity index (χ3n) is 4.34. The van der Waals surface area contributed by atoms with Crippen LogP contribution in [0.1, 0.15) is 31.4 Å². The zero-order valence-electron chi connectivity index (χ0n) is 12.3. The van der Waals surface area contributed by atoms with Crippen molar-refractivity contribution in [2.75, 3.05) is 13.1 Å². The number of nitrogens with two attached hydrogens (primary N) is 1. The Morgan fingerprint density at radius 3 is 2.50 bits per heavy atom. The highest BCUT2D eigenvalue weighted by molar-refractivity contribution is 7.86. The third-order valence-corrected chi connectivity index (χ3v) is 5.42. The minimum atomic E-state index is -3.65. The summed E-state index contributed by atoms with van der Waals surface area (Å²) < 4.78 is 29.2. The first-order valence-electron chi connectivity index (χ1n) is 7.56. The topological polar surface area (TPSA) is 96.8 Å². The number of furan rings is 1. The van der Waals surface area contributed by atoms with E-state index in [1.807, 2.05) is 17.0 Å². The van der Waals surface area contributed by atoms with Gasteiger partial charge in [0.05, 0.1) is 12.8 Å². The van der Waals surface area contributed by atoms with Crippen molar-refractivity contribution >= 4 is 16.1 Å². The van der Waals surface area contributed by atoms with E-state index in [1.165, 1.54) is 4.31 Å². The smallest absolute Gasteiger partial charge is 0.276 e. The number of carbonyl (C=O) groups is 1. The Morgan fingerprint density at radius 2 is 2.00 bits per heavy atom. The van der Waals surface area contributed by atoms with Gasteiger partial charge in [-0.2, -0.15) is 12.7 Å². The van der Waals surface area contributed by atoms with Gasteiger partial charge >= 0.3 is 0 Å². The molecule has 122 valence electrons. The number of hydrogen-bond acceptors (Lipinski definition) is 4. The van der Waals surface area contributed by atoms with E-state index in [-0.39, 0.29) is 11.8 Å². The minimum absolute atomic E-state index is 0.105. The zero-order valence-corrected chi connectivity index (χ0v) is 13.2. The molecule has 0 aromatic carbocycles. The Hall–Kier alpha value is -1.38. The summed E-state index contributed by atoms with van der Waals surface area (Å²) in [7, 11) is -3.65. The molecular weight excluding hydrogens is 306 g/mol. The van der Waals surface area contributed by atoms with Crippen molar-refractivity contribution in [3.8, 4) is 0 Å². The van der Waals surface area contributed by atoms with Crippen molar-refractivity contribution in [1.29, 1.82) is 0 Å². The molecule has 0 bridgehead atoms. The molecule has 0 spiro atoms. The van der Waals surface area contributed by atoms with Crippen LogP contribution >= 0.6 is 0 Å². The van der Waals surface area contributed by atoms with E-state index in [0.717, 1.165) is 18.6 Å². The lowest BCUT2D eigenvalue weighted by atomic mass is 9.96. The standard InChI is InChI=1S/C14H21N3O4S/c15-22(19,20)16-7-5-11(6-8-16)14(18)17(12-3-4-12)10-13-2-1-9-21-13/h1-2,9,11-12H,3-8,10H2,(H2,15,19,20). The van der Waals surface area contributed by atoms with Gasteiger partial charge in [0.15, 0.2) is 0 Å². The van der Waals surface area contributed by atoms with Crippen LogP contribution in [0, 0.1) is 5.92 Å². The Labute approximate surface area is 130 Å². The quantitative estimate of drug-likeness (QED) is 0.860. The number of rotatable bonds is 5. The fourth-order valence-corrected chi connectivity index (χ4v) is 3.66. The summed E-state index contributed by atoms with van der Waals surface area (Å²) >= 11 is 0. The number of piperidine rings is 1. The Balaban J connectivity index is 1.62. The summed E-state index contributed by atoms with van der Waals surface area (Å²) in [6.07, 6.45) is 4.72. The van der Waals surface area contributed by atoms with Crippen LogP contribution in [-0.4, -0.2) is 42.7 Å². The van der Waals surface area contributed by atoms with Gasteiger partial charge in [-0.1, -0.05) is 0 Å². The van der Waals surface area contributed by atoms with Gasteiger partial charge < -0.3 is 9.32 Å². The summed E-state index contributed by atoms with van der Waals surface area (Å²) in [5.74, 6) is 0.753. The second-order valence-corrected chi connectivity index (χ2v) is 7.54. The SMILES string of the molecule is NS(=O)(=O)N1CCC(C(=O)N(Cc2ccco2)C2CC2)CC1. The summed E-state index contributed by atoms with van der Waals surface area (Å²) in [4.78, 5) is 14.6. The van der Waals surface area contributed by atoms with Gasteiger partial charge in [-0.05, 0) is 37.8 Å². The molecule has 2 heterocycles. The van der Waals surface area contributed by atoms with Crippen molar-refractivity contribution in [3.05, 3.63) is 24.2 Å². The maximum absolute atomic E-state index is 12.7. The van der Waals surface area contributed by atoms with Crippen LogP contribution in [-0.2, 0) is 21.5 Å². The van der Waals surface area contributed by atoms with Crippen LogP contribution in [0.2, 0.25) is 0 Å². The van der Waals surface area contributed by atoms with Gasteiger partial charge in [0.1, 0.15) is 5.76 Å². The predicted molar refractivity (Wildman–Crippen MR) is 79.7 cm³/mol. The molecule has 3 rings (SSSR count). The largest absolute Gasteiger partial charge is 0.467 e. The lowest BCUT2D eigenvalue weighted by Crippen LogP contribution is -2.46. The molecule has 8 heteroatoms. The van der Waals surface area contributed by atoms with Crippen molar-refractivity contribution in [1.82, 2.24) is 9.21 Å². The van der Waals surface area contributed by atoms with E-state index in [0.29, 0.717) is 38.5 Å². The highest BCUT2D eigenvalue weighted by Gasteiger charge is 2.38. The molecule has 22 heavy (non-hydrogen) atoms. The van der Waals surface area contributed by atoms with Gasteiger partial charge in [-0.15, -0.1) is 0 Å². The van der Waals surface area contributed by atoms with E-state index in [4.69, 9.17) is 9.56 Å². The first-order chi connectivity index (χ1) is 10.4. The normalized spacial score (nSPS) is 21.0.